The first-order valence-electron chi connectivity index (χ1n) is 15.4. The summed E-state index contributed by atoms with van der Waals surface area (Å²) in [7, 11) is 0. The molecular weight excluding hydrogens is 532 g/mol. The third kappa shape index (κ3) is 3.26. The van der Waals surface area contributed by atoms with Gasteiger partial charge in [-0.1, -0.05) is 147 Å². The zero-order valence-corrected chi connectivity index (χ0v) is 24.8. The molecule has 0 N–H and O–H groups in total. The minimum Gasteiger partial charge on any atom is -0.228 e. The predicted molar refractivity (Wildman–Crippen MR) is 180 cm³/mol. The molecule has 1 heterocycles. The van der Waals surface area contributed by atoms with Crippen LogP contribution in [0.25, 0.3) is 44.7 Å². The van der Waals surface area contributed by atoms with Crippen molar-refractivity contribution < 1.29 is 0 Å². The van der Waals surface area contributed by atoms with Crippen LogP contribution in [0.1, 0.15) is 47.2 Å². The van der Waals surface area contributed by atoms with E-state index in [1.807, 2.05) is 18.2 Å². The van der Waals surface area contributed by atoms with E-state index in [0.717, 1.165) is 33.5 Å². The summed E-state index contributed by atoms with van der Waals surface area (Å²) in [6.07, 6.45) is 0. The molecule has 0 fully saturated rings. The van der Waals surface area contributed by atoms with Crippen molar-refractivity contribution >= 4 is 10.9 Å². The van der Waals surface area contributed by atoms with Crippen LogP contribution in [0, 0.1) is 0 Å². The zero-order chi connectivity index (χ0) is 29.5. The molecule has 2 heteroatoms. The number of aromatic nitrogens is 2. The van der Waals surface area contributed by atoms with Crippen LogP contribution in [-0.2, 0) is 10.8 Å². The molecule has 2 aliphatic carbocycles. The Morgan fingerprint density at radius 1 is 0.432 bits per heavy atom. The third-order valence-corrected chi connectivity index (χ3v) is 9.96. The minimum absolute atomic E-state index is 0.175. The van der Waals surface area contributed by atoms with Gasteiger partial charge in [0, 0.05) is 21.9 Å². The van der Waals surface area contributed by atoms with Gasteiger partial charge in [0.15, 0.2) is 5.82 Å². The van der Waals surface area contributed by atoms with Crippen LogP contribution in [0.5, 0.6) is 0 Å². The molecule has 1 spiro atoms. The number of rotatable bonds is 2. The monoisotopic (exact) mass is 562 g/mol. The van der Waals surface area contributed by atoms with Crippen molar-refractivity contribution in [2.45, 2.75) is 24.7 Å². The third-order valence-electron chi connectivity index (χ3n) is 9.96. The first kappa shape index (κ1) is 25.2. The van der Waals surface area contributed by atoms with Gasteiger partial charge in [0.25, 0.3) is 0 Å². The summed E-state index contributed by atoms with van der Waals surface area (Å²) in [6, 6.07) is 52.9. The first-order valence-corrected chi connectivity index (χ1v) is 15.4. The van der Waals surface area contributed by atoms with Crippen molar-refractivity contribution in [3.63, 3.8) is 0 Å². The van der Waals surface area contributed by atoms with E-state index in [0.29, 0.717) is 0 Å². The molecule has 2 aliphatic rings. The average Bonchev–Trinajstić information content (AvgIpc) is 3.38. The lowest BCUT2D eigenvalue weighted by atomic mass is 9.55. The number of benzene rings is 6. The van der Waals surface area contributed by atoms with Gasteiger partial charge < -0.3 is 0 Å². The molecule has 0 saturated carbocycles. The van der Waals surface area contributed by atoms with Gasteiger partial charge in [-0.25, -0.2) is 9.97 Å². The number of fused-ring (bicyclic) bond motifs is 10. The van der Waals surface area contributed by atoms with Crippen molar-refractivity contribution in [2.24, 2.45) is 0 Å². The SMILES string of the molecule is CC1(C)c2ccccc2C2(c3ccccc3-c3ccccc32)c2cc(-c3nc(-c4ccccc4)nc4ccccc34)ccc21. The average molecular weight is 563 g/mol. The molecule has 7 aromatic rings. The second-order valence-corrected chi connectivity index (χ2v) is 12.6. The molecule has 1 aromatic heterocycles. The first-order chi connectivity index (χ1) is 21.6. The normalized spacial score (nSPS) is 15.0. The predicted octanol–water partition coefficient (Wildman–Crippen LogP) is 9.97. The van der Waals surface area contributed by atoms with Crippen molar-refractivity contribution in [1.29, 1.82) is 0 Å². The molecule has 0 bridgehead atoms. The van der Waals surface area contributed by atoms with Crippen molar-refractivity contribution in [1.82, 2.24) is 9.97 Å². The summed E-state index contributed by atoms with van der Waals surface area (Å²) < 4.78 is 0. The van der Waals surface area contributed by atoms with E-state index in [1.54, 1.807) is 0 Å². The molecular formula is C42H30N2. The van der Waals surface area contributed by atoms with Gasteiger partial charge in [-0.3, -0.25) is 0 Å². The van der Waals surface area contributed by atoms with Gasteiger partial charge >= 0.3 is 0 Å². The highest BCUT2D eigenvalue weighted by atomic mass is 14.9. The fraction of sp³-hybridized carbons (Fsp3) is 0.0952. The Morgan fingerprint density at radius 2 is 1.00 bits per heavy atom. The number of hydrogen-bond donors (Lipinski definition) is 0. The highest BCUT2D eigenvalue weighted by Gasteiger charge is 2.53. The van der Waals surface area contributed by atoms with Crippen molar-refractivity contribution in [2.75, 3.05) is 0 Å². The van der Waals surface area contributed by atoms with Crippen molar-refractivity contribution in [3.05, 3.63) is 179 Å². The van der Waals surface area contributed by atoms with E-state index < -0.39 is 5.41 Å². The Balaban J connectivity index is 1.40. The second-order valence-electron chi connectivity index (χ2n) is 12.6. The van der Waals surface area contributed by atoms with Crippen LogP contribution in [0.2, 0.25) is 0 Å². The zero-order valence-electron chi connectivity index (χ0n) is 24.8. The molecule has 2 nitrogen and oxygen atoms in total. The summed E-state index contributed by atoms with van der Waals surface area (Å²) in [5.74, 6) is 0.744. The van der Waals surface area contributed by atoms with Crippen LogP contribution in [0.15, 0.2) is 146 Å². The smallest absolute Gasteiger partial charge is 0.160 e. The second kappa shape index (κ2) is 9.08. The van der Waals surface area contributed by atoms with Crippen LogP contribution in [0.4, 0.5) is 0 Å². The Labute approximate surface area is 257 Å². The lowest BCUT2D eigenvalue weighted by Crippen LogP contribution is -2.40. The molecule has 0 saturated heterocycles. The fourth-order valence-electron chi connectivity index (χ4n) is 8.02. The van der Waals surface area contributed by atoms with E-state index in [2.05, 4.69) is 141 Å². The Hall–Kier alpha value is -5.34. The summed E-state index contributed by atoms with van der Waals surface area (Å²) in [5, 5.41) is 1.06. The quantitative estimate of drug-likeness (QED) is 0.210. The van der Waals surface area contributed by atoms with E-state index in [4.69, 9.17) is 9.97 Å². The standard InChI is InChI=1S/C42H30N2/c1-41(2)34-21-11-12-22-36(34)42(32-19-9-6-16-29(32)30-17-7-10-20-33(30)42)37-26-28(24-25-35(37)41)39-31-18-8-13-23-38(31)43-40(44-39)27-14-4-3-5-15-27/h3-26H,1-2H3. The van der Waals surface area contributed by atoms with Crippen LogP contribution < -0.4 is 0 Å². The fourth-order valence-corrected chi connectivity index (χ4v) is 8.02. The number of nitrogens with zero attached hydrogens (tertiary/aromatic N) is 2. The molecule has 0 radical (unpaired) electrons. The maximum Gasteiger partial charge on any atom is 0.160 e. The molecule has 208 valence electrons. The molecule has 0 atom stereocenters. The summed E-state index contributed by atoms with van der Waals surface area (Å²) in [6.45, 7) is 4.75. The molecule has 0 amide bonds. The van der Waals surface area contributed by atoms with Gasteiger partial charge in [0.2, 0.25) is 0 Å². The van der Waals surface area contributed by atoms with Crippen molar-refractivity contribution in [3.8, 4) is 33.8 Å². The van der Waals surface area contributed by atoms with Crippen LogP contribution in [0.3, 0.4) is 0 Å². The summed E-state index contributed by atoms with van der Waals surface area (Å²) in [4.78, 5) is 10.3. The van der Waals surface area contributed by atoms with Gasteiger partial charge in [0.1, 0.15) is 0 Å². The van der Waals surface area contributed by atoms with E-state index in [-0.39, 0.29) is 5.41 Å². The van der Waals surface area contributed by atoms with Crippen LogP contribution >= 0.6 is 0 Å². The lowest BCUT2D eigenvalue weighted by molar-refractivity contribution is 0.563. The maximum atomic E-state index is 5.26. The molecule has 6 aromatic carbocycles. The van der Waals surface area contributed by atoms with E-state index >= 15 is 0 Å². The van der Waals surface area contributed by atoms with Gasteiger partial charge in [-0.2, -0.15) is 0 Å². The highest BCUT2D eigenvalue weighted by Crippen LogP contribution is 2.62. The number of hydrogen-bond acceptors (Lipinski definition) is 2. The van der Waals surface area contributed by atoms with Crippen LogP contribution in [-0.4, -0.2) is 9.97 Å². The van der Waals surface area contributed by atoms with E-state index in [1.165, 1.54) is 44.5 Å². The lowest BCUT2D eigenvalue weighted by Gasteiger charge is -2.46. The van der Waals surface area contributed by atoms with Gasteiger partial charge in [-0.15, -0.1) is 0 Å². The Bertz CT molecular complexity index is 2220. The Kier molecular flexibility index (Phi) is 5.20. The van der Waals surface area contributed by atoms with Gasteiger partial charge in [-0.05, 0) is 56.6 Å². The van der Waals surface area contributed by atoms with E-state index in [9.17, 15) is 0 Å². The molecule has 0 unspecified atom stereocenters. The minimum atomic E-state index is -0.435. The molecule has 44 heavy (non-hydrogen) atoms. The molecule has 0 aliphatic heterocycles. The summed E-state index contributed by atoms with van der Waals surface area (Å²) in [5.41, 5.74) is 14.2. The molecule has 9 rings (SSSR count). The highest BCUT2D eigenvalue weighted by molar-refractivity contribution is 5.95. The maximum absolute atomic E-state index is 5.26. The topological polar surface area (TPSA) is 25.8 Å². The number of para-hydroxylation sites is 1. The van der Waals surface area contributed by atoms with Gasteiger partial charge in [0.05, 0.1) is 16.6 Å². The summed E-state index contributed by atoms with van der Waals surface area (Å²) >= 11 is 0. The largest absolute Gasteiger partial charge is 0.228 e. The Morgan fingerprint density at radius 3 is 1.73 bits per heavy atom.